The molecule has 0 spiro atoms. The number of benzene rings is 2. The number of fused-ring (bicyclic) bond motifs is 1. The van der Waals surface area contributed by atoms with Crippen LogP contribution in [0.1, 0.15) is 23.7 Å². The molecule has 7 nitrogen and oxygen atoms in total. The summed E-state index contributed by atoms with van der Waals surface area (Å²) in [5, 5.41) is 0. The fourth-order valence-corrected chi connectivity index (χ4v) is 4.03. The molecule has 0 bridgehead atoms. The molecule has 1 aliphatic rings. The van der Waals surface area contributed by atoms with Crippen molar-refractivity contribution >= 4 is 22.7 Å². The SMILES string of the molecule is CCN1CCCN(c2cccc(-n3cnc4cc(C(=O)OCCOC)ccc43)c2)CC1. The molecule has 164 valence electrons. The second-order valence-electron chi connectivity index (χ2n) is 7.74. The third-order valence-electron chi connectivity index (χ3n) is 5.81. The lowest BCUT2D eigenvalue weighted by atomic mass is 10.2. The molecular weight excluding hydrogens is 392 g/mol. The first-order valence-electron chi connectivity index (χ1n) is 10.9. The van der Waals surface area contributed by atoms with E-state index in [1.165, 1.54) is 12.1 Å². The molecule has 2 aromatic carbocycles. The van der Waals surface area contributed by atoms with Crippen LogP contribution in [-0.4, -0.2) is 73.5 Å². The van der Waals surface area contributed by atoms with Crippen LogP contribution in [0.5, 0.6) is 0 Å². The molecule has 0 atom stereocenters. The van der Waals surface area contributed by atoms with Crippen molar-refractivity contribution in [3.8, 4) is 5.69 Å². The number of nitrogens with zero attached hydrogens (tertiary/aromatic N) is 4. The summed E-state index contributed by atoms with van der Waals surface area (Å²) >= 11 is 0. The predicted octanol–water partition coefficient (Wildman–Crippen LogP) is 3.36. The minimum absolute atomic E-state index is 0.237. The zero-order chi connectivity index (χ0) is 21.6. The summed E-state index contributed by atoms with van der Waals surface area (Å²) in [5.74, 6) is -0.363. The average molecular weight is 423 g/mol. The molecule has 1 aliphatic heterocycles. The average Bonchev–Trinajstić information content (AvgIpc) is 3.07. The number of ether oxygens (including phenoxy) is 2. The van der Waals surface area contributed by atoms with Crippen LogP contribution in [0.25, 0.3) is 16.7 Å². The van der Waals surface area contributed by atoms with E-state index in [4.69, 9.17) is 9.47 Å². The molecule has 0 N–H and O–H groups in total. The van der Waals surface area contributed by atoms with E-state index in [1.54, 1.807) is 19.2 Å². The molecule has 0 aliphatic carbocycles. The summed E-state index contributed by atoms with van der Waals surface area (Å²) in [4.78, 5) is 21.7. The first-order chi connectivity index (χ1) is 15.2. The van der Waals surface area contributed by atoms with E-state index < -0.39 is 0 Å². The van der Waals surface area contributed by atoms with E-state index in [0.717, 1.165) is 49.4 Å². The van der Waals surface area contributed by atoms with E-state index in [9.17, 15) is 4.79 Å². The molecule has 1 fully saturated rings. The fourth-order valence-electron chi connectivity index (χ4n) is 4.03. The summed E-state index contributed by atoms with van der Waals surface area (Å²) in [6, 6.07) is 14.1. The Bertz CT molecular complexity index is 1030. The molecule has 2 heterocycles. The number of esters is 1. The highest BCUT2D eigenvalue weighted by molar-refractivity contribution is 5.94. The first kappa shape index (κ1) is 21.3. The van der Waals surface area contributed by atoms with Crippen LogP contribution < -0.4 is 4.90 Å². The van der Waals surface area contributed by atoms with Gasteiger partial charge in [-0.05, 0) is 55.9 Å². The van der Waals surface area contributed by atoms with Gasteiger partial charge in [0, 0.05) is 38.1 Å². The zero-order valence-corrected chi connectivity index (χ0v) is 18.3. The van der Waals surface area contributed by atoms with Crippen molar-refractivity contribution in [2.45, 2.75) is 13.3 Å². The Kier molecular flexibility index (Phi) is 6.84. The smallest absolute Gasteiger partial charge is 0.338 e. The Hall–Kier alpha value is -2.90. The molecule has 1 saturated heterocycles. The number of hydrogen-bond donors (Lipinski definition) is 0. The van der Waals surface area contributed by atoms with Gasteiger partial charge in [-0.2, -0.15) is 0 Å². The van der Waals surface area contributed by atoms with Crippen LogP contribution in [-0.2, 0) is 9.47 Å². The molecule has 0 saturated carbocycles. The van der Waals surface area contributed by atoms with Gasteiger partial charge in [-0.1, -0.05) is 13.0 Å². The lowest BCUT2D eigenvalue weighted by molar-refractivity contribution is 0.0388. The maximum absolute atomic E-state index is 12.2. The van der Waals surface area contributed by atoms with Crippen molar-refractivity contribution in [1.82, 2.24) is 14.5 Å². The second-order valence-corrected chi connectivity index (χ2v) is 7.74. The molecule has 0 radical (unpaired) electrons. The van der Waals surface area contributed by atoms with E-state index in [-0.39, 0.29) is 12.6 Å². The first-order valence-corrected chi connectivity index (χ1v) is 10.9. The highest BCUT2D eigenvalue weighted by atomic mass is 16.6. The number of anilines is 1. The van der Waals surface area contributed by atoms with Gasteiger partial charge >= 0.3 is 5.97 Å². The van der Waals surface area contributed by atoms with Gasteiger partial charge in [0.25, 0.3) is 0 Å². The minimum atomic E-state index is -0.363. The molecule has 4 rings (SSSR count). The quantitative estimate of drug-likeness (QED) is 0.430. The second kappa shape index (κ2) is 9.94. The third-order valence-corrected chi connectivity index (χ3v) is 5.81. The van der Waals surface area contributed by atoms with Crippen molar-refractivity contribution in [2.24, 2.45) is 0 Å². The number of imidazole rings is 1. The Balaban J connectivity index is 1.55. The van der Waals surface area contributed by atoms with Crippen molar-refractivity contribution in [3.05, 3.63) is 54.4 Å². The number of carbonyl (C=O) groups excluding carboxylic acids is 1. The van der Waals surface area contributed by atoms with E-state index in [2.05, 4.69) is 50.5 Å². The third kappa shape index (κ3) is 4.89. The fraction of sp³-hybridized carbons (Fsp3) is 0.417. The maximum Gasteiger partial charge on any atom is 0.338 e. The van der Waals surface area contributed by atoms with Crippen molar-refractivity contribution in [2.75, 3.05) is 57.9 Å². The molecular formula is C24H30N4O3. The molecule has 31 heavy (non-hydrogen) atoms. The van der Waals surface area contributed by atoms with Gasteiger partial charge in [0.15, 0.2) is 0 Å². The van der Waals surface area contributed by atoms with Crippen molar-refractivity contribution in [3.63, 3.8) is 0 Å². The number of methoxy groups -OCH3 is 1. The van der Waals surface area contributed by atoms with E-state index in [1.807, 2.05) is 12.4 Å². The van der Waals surface area contributed by atoms with Crippen LogP contribution >= 0.6 is 0 Å². The zero-order valence-electron chi connectivity index (χ0n) is 18.3. The molecule has 7 heteroatoms. The van der Waals surface area contributed by atoms with Gasteiger partial charge < -0.3 is 19.3 Å². The Morgan fingerprint density at radius 1 is 1.03 bits per heavy atom. The van der Waals surface area contributed by atoms with Gasteiger partial charge in [-0.25, -0.2) is 9.78 Å². The highest BCUT2D eigenvalue weighted by Crippen LogP contribution is 2.24. The number of aromatic nitrogens is 2. The number of rotatable bonds is 7. The molecule has 1 aromatic heterocycles. The molecule has 0 amide bonds. The standard InChI is InChI=1S/C24H30N4O3/c1-3-26-10-5-11-27(13-12-26)20-6-4-7-21(17-20)28-18-25-22-16-19(8-9-23(22)28)24(29)31-15-14-30-2/h4,6-9,16-18H,3,5,10-15H2,1-2H3. The largest absolute Gasteiger partial charge is 0.460 e. The number of carbonyl (C=O) groups is 1. The molecule has 0 unspecified atom stereocenters. The summed E-state index contributed by atoms with van der Waals surface area (Å²) < 4.78 is 12.2. The van der Waals surface area contributed by atoms with Crippen LogP contribution in [0, 0.1) is 0 Å². The lowest BCUT2D eigenvalue weighted by Crippen LogP contribution is -2.30. The number of hydrogen-bond acceptors (Lipinski definition) is 6. The summed E-state index contributed by atoms with van der Waals surface area (Å²) in [6.45, 7) is 8.32. The topological polar surface area (TPSA) is 59.8 Å². The van der Waals surface area contributed by atoms with Crippen molar-refractivity contribution in [1.29, 1.82) is 0 Å². The monoisotopic (exact) mass is 422 g/mol. The summed E-state index contributed by atoms with van der Waals surface area (Å²) in [6.07, 6.45) is 2.99. The number of likely N-dealkylation sites (N-methyl/N-ethyl adjacent to an activating group) is 1. The summed E-state index contributed by atoms with van der Waals surface area (Å²) in [7, 11) is 1.58. The Morgan fingerprint density at radius 2 is 1.90 bits per heavy atom. The van der Waals surface area contributed by atoms with Crippen LogP contribution in [0.3, 0.4) is 0 Å². The van der Waals surface area contributed by atoms with Gasteiger partial charge in [-0.15, -0.1) is 0 Å². The van der Waals surface area contributed by atoms with Gasteiger partial charge in [0.2, 0.25) is 0 Å². The van der Waals surface area contributed by atoms with Crippen LogP contribution in [0.15, 0.2) is 48.8 Å². The van der Waals surface area contributed by atoms with Crippen LogP contribution in [0.4, 0.5) is 5.69 Å². The Labute approximate surface area is 183 Å². The highest BCUT2D eigenvalue weighted by Gasteiger charge is 2.15. The molecule has 3 aromatic rings. The normalized spacial score (nSPS) is 15.2. The van der Waals surface area contributed by atoms with E-state index >= 15 is 0 Å². The van der Waals surface area contributed by atoms with E-state index in [0.29, 0.717) is 12.2 Å². The minimum Gasteiger partial charge on any atom is -0.460 e. The predicted molar refractivity (Wildman–Crippen MR) is 122 cm³/mol. The van der Waals surface area contributed by atoms with Crippen LogP contribution in [0.2, 0.25) is 0 Å². The van der Waals surface area contributed by atoms with Gasteiger partial charge in [0.05, 0.1) is 23.2 Å². The summed E-state index contributed by atoms with van der Waals surface area (Å²) in [5.41, 5.74) is 4.51. The maximum atomic E-state index is 12.2. The lowest BCUT2D eigenvalue weighted by Gasteiger charge is -2.24. The van der Waals surface area contributed by atoms with Crippen molar-refractivity contribution < 1.29 is 14.3 Å². The Morgan fingerprint density at radius 3 is 2.74 bits per heavy atom. The van der Waals surface area contributed by atoms with Gasteiger partial charge in [0.1, 0.15) is 12.9 Å². The van der Waals surface area contributed by atoms with Gasteiger partial charge in [-0.3, -0.25) is 4.57 Å².